The van der Waals surface area contributed by atoms with E-state index in [1.807, 2.05) is 6.07 Å². The van der Waals surface area contributed by atoms with Crippen molar-refractivity contribution in [2.24, 2.45) is 0 Å². The molecule has 0 saturated heterocycles. The summed E-state index contributed by atoms with van der Waals surface area (Å²) in [6, 6.07) is 10.5. The van der Waals surface area contributed by atoms with Gasteiger partial charge in [-0.25, -0.2) is 0 Å². The van der Waals surface area contributed by atoms with Gasteiger partial charge in [-0.3, -0.25) is 0 Å². The van der Waals surface area contributed by atoms with Gasteiger partial charge in [-0.15, -0.1) is 0 Å². The first-order valence-corrected chi connectivity index (χ1v) is 6.09. The van der Waals surface area contributed by atoms with Crippen molar-refractivity contribution in [1.29, 1.82) is 0 Å². The van der Waals surface area contributed by atoms with Crippen LogP contribution in [0, 0.1) is 0 Å². The van der Waals surface area contributed by atoms with Crippen LogP contribution in [0.2, 0.25) is 0 Å². The van der Waals surface area contributed by atoms with Crippen molar-refractivity contribution in [2.75, 3.05) is 5.73 Å². The number of nitrogens with two attached hydrogens (primary N) is 1. The van der Waals surface area contributed by atoms with Gasteiger partial charge in [0, 0.05) is 0 Å². The van der Waals surface area contributed by atoms with E-state index in [1.54, 1.807) is 6.20 Å². The van der Waals surface area contributed by atoms with E-state index in [1.165, 1.54) is 18.4 Å². The Hall–Kier alpha value is -1.77. The molecule has 3 nitrogen and oxygen atoms in total. The van der Waals surface area contributed by atoms with Gasteiger partial charge in [-0.05, 0) is 18.4 Å². The summed E-state index contributed by atoms with van der Waals surface area (Å²) in [5, 5.41) is 3.84. The largest absolute Gasteiger partial charge is 0.395 e. The molecule has 17 heavy (non-hydrogen) atoms. The topological polar surface area (TPSA) is 52.0 Å². The van der Waals surface area contributed by atoms with Crippen LogP contribution in [-0.2, 0) is 5.41 Å². The van der Waals surface area contributed by atoms with E-state index >= 15 is 0 Å². The van der Waals surface area contributed by atoms with Crippen molar-refractivity contribution in [2.45, 2.75) is 31.1 Å². The maximum atomic E-state index is 5.99. The highest BCUT2D eigenvalue weighted by molar-refractivity contribution is 5.49. The van der Waals surface area contributed by atoms with E-state index in [9.17, 15) is 0 Å². The molecule has 0 amide bonds. The standard InChI is InChI=1S/C14H16N2O/c15-12-10-16-17-13(12)14(8-4-5-9-14)11-6-2-1-3-7-11/h1-3,6-7,10H,4-5,8-9,15H2. The molecule has 3 heteroatoms. The van der Waals surface area contributed by atoms with E-state index < -0.39 is 0 Å². The first kappa shape index (κ1) is 10.4. The Balaban J connectivity index is 2.14. The molecule has 2 aromatic rings. The SMILES string of the molecule is Nc1cnoc1C1(c2ccccc2)CCCC1. The zero-order chi connectivity index (χ0) is 11.7. The molecular formula is C14H16N2O. The number of anilines is 1. The van der Waals surface area contributed by atoms with Crippen molar-refractivity contribution in [1.82, 2.24) is 5.16 Å². The van der Waals surface area contributed by atoms with Crippen LogP contribution in [0.3, 0.4) is 0 Å². The maximum absolute atomic E-state index is 5.99. The molecule has 1 saturated carbocycles. The van der Waals surface area contributed by atoms with Crippen LogP contribution < -0.4 is 5.73 Å². The molecule has 0 aliphatic heterocycles. The fourth-order valence-corrected chi connectivity index (χ4v) is 2.99. The molecular weight excluding hydrogens is 212 g/mol. The van der Waals surface area contributed by atoms with E-state index in [0.29, 0.717) is 5.69 Å². The van der Waals surface area contributed by atoms with Crippen LogP contribution in [0.1, 0.15) is 37.0 Å². The summed E-state index contributed by atoms with van der Waals surface area (Å²) in [6.07, 6.45) is 6.23. The highest BCUT2D eigenvalue weighted by Gasteiger charge is 2.41. The molecule has 1 aromatic heterocycles. The van der Waals surface area contributed by atoms with Crippen LogP contribution in [-0.4, -0.2) is 5.16 Å². The second-order valence-corrected chi connectivity index (χ2v) is 4.77. The van der Waals surface area contributed by atoms with Crippen molar-refractivity contribution in [3.63, 3.8) is 0 Å². The number of hydrogen-bond donors (Lipinski definition) is 1. The van der Waals surface area contributed by atoms with Gasteiger partial charge in [0.2, 0.25) is 0 Å². The van der Waals surface area contributed by atoms with Crippen molar-refractivity contribution in [3.05, 3.63) is 47.9 Å². The van der Waals surface area contributed by atoms with Crippen molar-refractivity contribution < 1.29 is 4.52 Å². The quantitative estimate of drug-likeness (QED) is 0.859. The van der Waals surface area contributed by atoms with Crippen LogP contribution in [0.5, 0.6) is 0 Å². The van der Waals surface area contributed by atoms with Crippen LogP contribution >= 0.6 is 0 Å². The monoisotopic (exact) mass is 228 g/mol. The number of aromatic nitrogens is 1. The van der Waals surface area contributed by atoms with Gasteiger partial charge in [0.25, 0.3) is 0 Å². The van der Waals surface area contributed by atoms with Gasteiger partial charge < -0.3 is 10.3 Å². The number of nitrogen functional groups attached to an aromatic ring is 1. The summed E-state index contributed by atoms with van der Waals surface area (Å²) in [5.41, 5.74) is 7.90. The zero-order valence-electron chi connectivity index (χ0n) is 9.73. The van der Waals surface area contributed by atoms with E-state index in [-0.39, 0.29) is 5.41 Å². The summed E-state index contributed by atoms with van der Waals surface area (Å²) in [5.74, 6) is 0.848. The predicted molar refractivity (Wildman–Crippen MR) is 66.6 cm³/mol. The zero-order valence-corrected chi connectivity index (χ0v) is 9.73. The molecule has 1 heterocycles. The fraction of sp³-hybridized carbons (Fsp3) is 0.357. The van der Waals surface area contributed by atoms with Gasteiger partial charge in [0.05, 0.1) is 17.3 Å². The summed E-state index contributed by atoms with van der Waals surface area (Å²) in [6.45, 7) is 0. The molecule has 2 N–H and O–H groups in total. The minimum atomic E-state index is -0.0537. The fourth-order valence-electron chi connectivity index (χ4n) is 2.99. The summed E-state index contributed by atoms with van der Waals surface area (Å²) in [4.78, 5) is 0. The molecule has 0 spiro atoms. The molecule has 0 radical (unpaired) electrons. The van der Waals surface area contributed by atoms with E-state index in [0.717, 1.165) is 18.6 Å². The highest BCUT2D eigenvalue weighted by Crippen LogP contribution is 2.47. The summed E-state index contributed by atoms with van der Waals surface area (Å²) < 4.78 is 5.43. The number of rotatable bonds is 2. The first-order valence-electron chi connectivity index (χ1n) is 6.09. The van der Waals surface area contributed by atoms with E-state index in [2.05, 4.69) is 29.4 Å². The third kappa shape index (κ3) is 1.54. The lowest BCUT2D eigenvalue weighted by Crippen LogP contribution is -2.24. The summed E-state index contributed by atoms with van der Waals surface area (Å²) in [7, 11) is 0. The average Bonchev–Trinajstić information content (AvgIpc) is 2.99. The Morgan fingerprint density at radius 3 is 2.41 bits per heavy atom. The average molecular weight is 228 g/mol. The predicted octanol–water partition coefficient (Wildman–Crippen LogP) is 3.12. The molecule has 0 bridgehead atoms. The van der Waals surface area contributed by atoms with Gasteiger partial charge in [0.1, 0.15) is 0 Å². The van der Waals surface area contributed by atoms with E-state index in [4.69, 9.17) is 10.3 Å². The minimum Gasteiger partial charge on any atom is -0.395 e. The Morgan fingerprint density at radius 1 is 1.12 bits per heavy atom. The number of benzene rings is 1. The Bertz CT molecular complexity index is 498. The van der Waals surface area contributed by atoms with Gasteiger partial charge in [-0.1, -0.05) is 48.3 Å². The first-order chi connectivity index (χ1) is 8.33. The Kier molecular flexibility index (Phi) is 2.39. The normalized spacial score (nSPS) is 18.4. The number of nitrogens with zero attached hydrogens (tertiary/aromatic N) is 1. The van der Waals surface area contributed by atoms with Gasteiger partial charge in [0.15, 0.2) is 5.76 Å². The second-order valence-electron chi connectivity index (χ2n) is 4.77. The molecule has 3 rings (SSSR count). The lowest BCUT2D eigenvalue weighted by molar-refractivity contribution is 0.321. The molecule has 1 fully saturated rings. The van der Waals surface area contributed by atoms with Crippen LogP contribution in [0.25, 0.3) is 0 Å². The smallest absolute Gasteiger partial charge is 0.170 e. The van der Waals surface area contributed by atoms with Crippen LogP contribution in [0.4, 0.5) is 5.69 Å². The lowest BCUT2D eigenvalue weighted by atomic mass is 9.76. The van der Waals surface area contributed by atoms with Gasteiger partial charge >= 0.3 is 0 Å². The molecule has 1 aliphatic rings. The Morgan fingerprint density at radius 2 is 1.82 bits per heavy atom. The lowest BCUT2D eigenvalue weighted by Gasteiger charge is -2.27. The number of hydrogen-bond acceptors (Lipinski definition) is 3. The molecule has 0 unspecified atom stereocenters. The molecule has 88 valence electrons. The second kappa shape index (κ2) is 3.91. The minimum absolute atomic E-state index is 0.0537. The van der Waals surface area contributed by atoms with Crippen molar-refractivity contribution >= 4 is 5.69 Å². The maximum Gasteiger partial charge on any atom is 0.170 e. The highest BCUT2D eigenvalue weighted by atomic mass is 16.5. The van der Waals surface area contributed by atoms with Crippen LogP contribution in [0.15, 0.2) is 41.1 Å². The Labute approximate surface area is 101 Å². The van der Waals surface area contributed by atoms with Gasteiger partial charge in [-0.2, -0.15) is 0 Å². The molecule has 1 aromatic carbocycles. The molecule has 1 aliphatic carbocycles. The van der Waals surface area contributed by atoms with Crippen molar-refractivity contribution in [3.8, 4) is 0 Å². The molecule has 0 atom stereocenters. The third-order valence-electron chi connectivity index (χ3n) is 3.82. The summed E-state index contributed by atoms with van der Waals surface area (Å²) >= 11 is 0. The third-order valence-corrected chi connectivity index (χ3v) is 3.82.